The van der Waals surface area contributed by atoms with E-state index in [4.69, 9.17) is 18.9 Å². The molecule has 0 unspecified atom stereocenters. The van der Waals surface area contributed by atoms with Gasteiger partial charge in [-0.05, 0) is 92.2 Å². The first-order valence-electron chi connectivity index (χ1n) is 11.6. The van der Waals surface area contributed by atoms with Gasteiger partial charge >= 0.3 is 0 Å². The third-order valence-corrected chi connectivity index (χ3v) is 5.78. The number of carbonyl (C=O) groups excluding carboxylic acids is 2. The number of hydrogen-bond donors (Lipinski definition) is 0. The van der Waals surface area contributed by atoms with E-state index in [1.807, 2.05) is 27.7 Å². The summed E-state index contributed by atoms with van der Waals surface area (Å²) in [5.41, 5.74) is 2.56. The van der Waals surface area contributed by atoms with E-state index in [2.05, 4.69) is 22.6 Å². The third kappa shape index (κ3) is 7.94. The average Bonchev–Trinajstić information content (AvgIpc) is 2.88. The largest absolute Gasteiger partial charge is 0.493 e. The Hall–Kier alpha value is -3.14. The summed E-state index contributed by atoms with van der Waals surface area (Å²) in [5.74, 6) is 2.20. The highest BCUT2D eigenvalue weighted by molar-refractivity contribution is 14.1. The van der Waals surface area contributed by atoms with E-state index in [0.29, 0.717) is 60.6 Å². The lowest BCUT2D eigenvalue weighted by Crippen LogP contribution is -2.01. The number of rotatable bonds is 11. The van der Waals surface area contributed by atoms with E-state index in [1.54, 1.807) is 36.4 Å². The van der Waals surface area contributed by atoms with E-state index in [1.165, 1.54) is 12.1 Å². The van der Waals surface area contributed by atoms with Gasteiger partial charge in [-0.25, -0.2) is 4.39 Å². The molecule has 3 rings (SSSR count). The number of halogens is 2. The molecule has 0 bridgehead atoms. The van der Waals surface area contributed by atoms with Gasteiger partial charge in [0.05, 0.1) is 35.6 Å². The van der Waals surface area contributed by atoms with E-state index in [-0.39, 0.29) is 5.82 Å². The minimum absolute atomic E-state index is 0.306. The Bertz CT molecular complexity index is 1090. The Labute approximate surface area is 224 Å². The smallest absolute Gasteiger partial charge is 0.150 e. The fraction of sp³-hybridized carbons (Fsp3) is 0.286. The van der Waals surface area contributed by atoms with Crippen molar-refractivity contribution in [1.82, 2.24) is 0 Å². The molecule has 192 valence electrons. The first-order chi connectivity index (χ1) is 17.4. The topological polar surface area (TPSA) is 71.1 Å². The highest BCUT2D eigenvalue weighted by Gasteiger charge is 2.15. The standard InChI is InChI=1S/C17H17FO3.C11H13IO3/c1-3-20-15-9-12(11-19)10-16(21-4-2)17(15)13-5-7-14(18)8-6-13;1-3-14-9-5-8(7-13)6-10(11(9)12)15-4-2/h5-11H,3-4H2,1-2H3;5-7H,3-4H2,1-2H3. The molecule has 0 heterocycles. The molecule has 3 aromatic carbocycles. The van der Waals surface area contributed by atoms with E-state index in [9.17, 15) is 14.0 Å². The molecule has 0 N–H and O–H groups in total. The van der Waals surface area contributed by atoms with Crippen LogP contribution >= 0.6 is 22.6 Å². The monoisotopic (exact) mass is 608 g/mol. The van der Waals surface area contributed by atoms with Gasteiger partial charge in [0.1, 0.15) is 41.4 Å². The second kappa shape index (κ2) is 15.1. The van der Waals surface area contributed by atoms with Crippen LogP contribution in [-0.4, -0.2) is 39.0 Å². The van der Waals surface area contributed by atoms with Crippen LogP contribution in [0.4, 0.5) is 4.39 Å². The lowest BCUT2D eigenvalue weighted by molar-refractivity contribution is 0.111. The summed E-state index contributed by atoms with van der Waals surface area (Å²) < 4.78 is 36.1. The molecule has 0 atom stereocenters. The molecule has 36 heavy (non-hydrogen) atoms. The van der Waals surface area contributed by atoms with Crippen molar-refractivity contribution >= 4 is 35.2 Å². The van der Waals surface area contributed by atoms with E-state index < -0.39 is 0 Å². The van der Waals surface area contributed by atoms with Gasteiger partial charge in [-0.2, -0.15) is 0 Å². The first kappa shape index (κ1) is 29.1. The van der Waals surface area contributed by atoms with Crippen LogP contribution in [0, 0.1) is 9.39 Å². The molecule has 0 aliphatic carbocycles. The Morgan fingerprint density at radius 3 is 1.39 bits per heavy atom. The predicted octanol–water partition coefficient (Wildman–Crippen LogP) is 7.00. The zero-order chi connectivity index (χ0) is 26.5. The van der Waals surface area contributed by atoms with Gasteiger partial charge in [0.15, 0.2) is 0 Å². The molecule has 8 heteroatoms. The maximum atomic E-state index is 13.1. The first-order valence-corrected chi connectivity index (χ1v) is 12.7. The van der Waals surface area contributed by atoms with Gasteiger partial charge < -0.3 is 18.9 Å². The highest BCUT2D eigenvalue weighted by atomic mass is 127. The van der Waals surface area contributed by atoms with Crippen LogP contribution in [0.3, 0.4) is 0 Å². The van der Waals surface area contributed by atoms with E-state index >= 15 is 0 Å². The van der Waals surface area contributed by atoms with Gasteiger partial charge in [0, 0.05) is 11.1 Å². The van der Waals surface area contributed by atoms with Gasteiger partial charge in [0.2, 0.25) is 0 Å². The molecule has 3 aromatic rings. The van der Waals surface area contributed by atoms with Crippen molar-refractivity contribution in [2.24, 2.45) is 0 Å². The average molecular weight is 608 g/mol. The SMILES string of the molecule is CCOc1cc(C=O)cc(OCC)c1-c1ccc(F)cc1.CCOc1cc(C=O)cc(OCC)c1I. The second-order valence-electron chi connectivity index (χ2n) is 7.20. The quantitative estimate of drug-likeness (QED) is 0.173. The fourth-order valence-electron chi connectivity index (χ4n) is 3.30. The van der Waals surface area contributed by atoms with Gasteiger partial charge in [-0.1, -0.05) is 12.1 Å². The summed E-state index contributed by atoms with van der Waals surface area (Å²) in [7, 11) is 0. The number of ether oxygens (including phenoxy) is 4. The van der Waals surface area contributed by atoms with Crippen molar-refractivity contribution in [3.05, 3.63) is 69.0 Å². The van der Waals surface area contributed by atoms with Crippen LogP contribution in [0.2, 0.25) is 0 Å². The molecule has 0 spiro atoms. The van der Waals surface area contributed by atoms with Gasteiger partial charge in [0.25, 0.3) is 0 Å². The lowest BCUT2D eigenvalue weighted by Gasteiger charge is -2.16. The Balaban J connectivity index is 0.000000269. The van der Waals surface area contributed by atoms with Crippen LogP contribution in [0.1, 0.15) is 48.4 Å². The molecule has 0 fully saturated rings. The summed E-state index contributed by atoms with van der Waals surface area (Å²) in [6.07, 6.45) is 1.54. The van der Waals surface area contributed by atoms with Crippen molar-refractivity contribution < 1.29 is 32.9 Å². The van der Waals surface area contributed by atoms with Gasteiger partial charge in [-0.15, -0.1) is 0 Å². The van der Waals surface area contributed by atoms with Crippen molar-refractivity contribution in [1.29, 1.82) is 0 Å². The molecule has 0 aliphatic heterocycles. The number of benzene rings is 3. The molecule has 6 nitrogen and oxygen atoms in total. The van der Waals surface area contributed by atoms with Crippen LogP contribution in [0.15, 0.2) is 48.5 Å². The van der Waals surface area contributed by atoms with Crippen LogP contribution in [-0.2, 0) is 0 Å². The molecular weight excluding hydrogens is 578 g/mol. The van der Waals surface area contributed by atoms with Gasteiger partial charge in [-0.3, -0.25) is 9.59 Å². The third-order valence-electron chi connectivity index (χ3n) is 4.72. The summed E-state index contributed by atoms with van der Waals surface area (Å²) in [6, 6.07) is 12.9. The normalized spacial score (nSPS) is 10.1. The maximum absolute atomic E-state index is 13.1. The van der Waals surface area contributed by atoms with Crippen molar-refractivity contribution in [2.45, 2.75) is 27.7 Å². The fourth-order valence-corrected chi connectivity index (χ4v) is 3.92. The highest BCUT2D eigenvalue weighted by Crippen LogP contribution is 2.39. The number of hydrogen-bond acceptors (Lipinski definition) is 6. The second-order valence-corrected chi connectivity index (χ2v) is 8.28. The maximum Gasteiger partial charge on any atom is 0.150 e. The summed E-state index contributed by atoms with van der Waals surface area (Å²) in [6.45, 7) is 9.61. The van der Waals surface area contributed by atoms with Crippen LogP contribution < -0.4 is 18.9 Å². The molecule has 0 aromatic heterocycles. The molecule has 0 saturated carbocycles. The number of aldehydes is 2. The molecule has 0 radical (unpaired) electrons. The summed E-state index contributed by atoms with van der Waals surface area (Å²) >= 11 is 2.15. The molecule has 0 aliphatic rings. The summed E-state index contributed by atoms with van der Waals surface area (Å²) in [5, 5.41) is 0. The van der Waals surface area contributed by atoms with Crippen LogP contribution in [0.5, 0.6) is 23.0 Å². The Morgan fingerprint density at radius 1 is 0.667 bits per heavy atom. The molecule has 0 saturated heterocycles. The Morgan fingerprint density at radius 2 is 1.03 bits per heavy atom. The van der Waals surface area contributed by atoms with Crippen molar-refractivity contribution in [2.75, 3.05) is 26.4 Å². The van der Waals surface area contributed by atoms with Crippen molar-refractivity contribution in [3.63, 3.8) is 0 Å². The minimum Gasteiger partial charge on any atom is -0.493 e. The van der Waals surface area contributed by atoms with E-state index in [0.717, 1.165) is 27.3 Å². The van der Waals surface area contributed by atoms with Crippen LogP contribution in [0.25, 0.3) is 11.1 Å². The predicted molar refractivity (Wildman–Crippen MR) is 146 cm³/mol. The lowest BCUT2D eigenvalue weighted by atomic mass is 10.0. The Kier molecular flexibility index (Phi) is 12.2. The molecular formula is C28H30FIO6. The zero-order valence-electron chi connectivity index (χ0n) is 20.8. The van der Waals surface area contributed by atoms with Crippen molar-refractivity contribution in [3.8, 4) is 34.1 Å². The zero-order valence-corrected chi connectivity index (χ0v) is 23.0. The molecule has 0 amide bonds. The number of carbonyl (C=O) groups is 2. The summed E-state index contributed by atoms with van der Waals surface area (Å²) in [4.78, 5) is 21.8. The minimum atomic E-state index is -0.306.